The molecular weight excluding hydrogens is 386 g/mol. The Kier molecular flexibility index (Phi) is 6.32. The zero-order chi connectivity index (χ0) is 21.6. The van der Waals surface area contributed by atoms with E-state index in [0.717, 1.165) is 34.2 Å². The van der Waals surface area contributed by atoms with Gasteiger partial charge in [-0.25, -0.2) is 0 Å². The molecule has 31 heavy (non-hydrogen) atoms. The lowest BCUT2D eigenvalue weighted by Crippen LogP contribution is -2.25. The Morgan fingerprint density at radius 1 is 1.03 bits per heavy atom. The van der Waals surface area contributed by atoms with Gasteiger partial charge in [0, 0.05) is 30.9 Å². The summed E-state index contributed by atoms with van der Waals surface area (Å²) in [5, 5.41) is 4.00. The van der Waals surface area contributed by atoms with Gasteiger partial charge in [0.25, 0.3) is 5.91 Å². The van der Waals surface area contributed by atoms with Crippen molar-refractivity contribution in [2.75, 3.05) is 0 Å². The van der Waals surface area contributed by atoms with Gasteiger partial charge >= 0.3 is 0 Å². The first-order valence-corrected chi connectivity index (χ1v) is 10.7. The van der Waals surface area contributed by atoms with Crippen LogP contribution in [0.25, 0.3) is 10.9 Å². The minimum atomic E-state index is -0.113. The van der Waals surface area contributed by atoms with Crippen LogP contribution in [-0.4, -0.2) is 21.6 Å². The molecule has 2 aromatic carbocycles. The number of hydrogen-bond acceptors (Lipinski definition) is 3. The standard InChI is InChI=1S/C26H27N3O2/c1-3-19(2)31-25-11-7-10-23-22(25)16-24(29(23)18-21-8-5-4-6-9-21)26(30)28-17-20-12-14-27-15-13-20/h4-16,19H,3,17-18H2,1-2H3,(H,28,30)/t19-/m1/s1. The van der Waals surface area contributed by atoms with E-state index in [1.165, 1.54) is 0 Å². The Morgan fingerprint density at radius 2 is 1.81 bits per heavy atom. The number of pyridine rings is 1. The minimum Gasteiger partial charge on any atom is -0.490 e. The molecule has 0 bridgehead atoms. The van der Waals surface area contributed by atoms with Crippen molar-refractivity contribution in [3.8, 4) is 5.75 Å². The molecule has 1 amide bonds. The number of amides is 1. The number of fused-ring (bicyclic) bond motifs is 1. The average molecular weight is 414 g/mol. The molecule has 5 nitrogen and oxygen atoms in total. The highest BCUT2D eigenvalue weighted by atomic mass is 16.5. The Morgan fingerprint density at radius 3 is 2.55 bits per heavy atom. The van der Waals surface area contributed by atoms with Gasteiger partial charge in [0.1, 0.15) is 11.4 Å². The molecule has 0 saturated heterocycles. The predicted molar refractivity (Wildman–Crippen MR) is 123 cm³/mol. The fraction of sp³-hybridized carbons (Fsp3) is 0.231. The summed E-state index contributed by atoms with van der Waals surface area (Å²) in [5.74, 6) is 0.695. The molecule has 0 aliphatic rings. The van der Waals surface area contributed by atoms with E-state index in [-0.39, 0.29) is 12.0 Å². The van der Waals surface area contributed by atoms with Gasteiger partial charge in [-0.05, 0) is 54.8 Å². The van der Waals surface area contributed by atoms with Crippen LogP contribution < -0.4 is 10.1 Å². The molecule has 0 radical (unpaired) electrons. The van der Waals surface area contributed by atoms with Crippen LogP contribution >= 0.6 is 0 Å². The van der Waals surface area contributed by atoms with E-state index in [1.807, 2.05) is 54.6 Å². The predicted octanol–water partition coefficient (Wildman–Crippen LogP) is 5.19. The molecule has 5 heteroatoms. The van der Waals surface area contributed by atoms with Gasteiger partial charge in [-0.15, -0.1) is 0 Å². The number of ether oxygens (including phenoxy) is 1. The molecule has 4 aromatic rings. The normalized spacial score (nSPS) is 11.9. The van der Waals surface area contributed by atoms with E-state index < -0.39 is 0 Å². The number of aromatic nitrogens is 2. The third-order valence-corrected chi connectivity index (χ3v) is 5.43. The van der Waals surface area contributed by atoms with Crippen molar-refractivity contribution in [1.29, 1.82) is 0 Å². The van der Waals surface area contributed by atoms with Crippen molar-refractivity contribution in [2.45, 2.75) is 39.5 Å². The van der Waals surface area contributed by atoms with E-state index in [0.29, 0.717) is 18.8 Å². The van der Waals surface area contributed by atoms with Gasteiger partial charge in [-0.1, -0.05) is 43.3 Å². The van der Waals surface area contributed by atoms with Gasteiger partial charge in [-0.3, -0.25) is 9.78 Å². The third-order valence-electron chi connectivity index (χ3n) is 5.43. The molecule has 2 heterocycles. The first kappa shape index (κ1) is 20.7. The second kappa shape index (κ2) is 9.47. The highest BCUT2D eigenvalue weighted by molar-refractivity contribution is 6.00. The fourth-order valence-electron chi connectivity index (χ4n) is 3.56. The van der Waals surface area contributed by atoms with Gasteiger partial charge in [0.2, 0.25) is 0 Å². The van der Waals surface area contributed by atoms with Crippen LogP contribution in [0.15, 0.2) is 79.1 Å². The molecular formula is C26H27N3O2. The second-order valence-corrected chi connectivity index (χ2v) is 7.67. The number of benzene rings is 2. The molecule has 0 saturated carbocycles. The monoisotopic (exact) mass is 413 g/mol. The summed E-state index contributed by atoms with van der Waals surface area (Å²) >= 11 is 0. The number of nitrogens with one attached hydrogen (secondary N) is 1. The minimum absolute atomic E-state index is 0.104. The van der Waals surface area contributed by atoms with E-state index in [9.17, 15) is 4.79 Å². The largest absolute Gasteiger partial charge is 0.490 e. The smallest absolute Gasteiger partial charge is 0.268 e. The maximum Gasteiger partial charge on any atom is 0.268 e. The summed E-state index contributed by atoms with van der Waals surface area (Å²) in [6.45, 7) is 5.21. The summed E-state index contributed by atoms with van der Waals surface area (Å²) in [7, 11) is 0. The van der Waals surface area contributed by atoms with Crippen LogP contribution in [0.2, 0.25) is 0 Å². The van der Waals surface area contributed by atoms with Crippen molar-refractivity contribution < 1.29 is 9.53 Å². The first-order chi connectivity index (χ1) is 15.2. The molecule has 0 fully saturated rings. The lowest BCUT2D eigenvalue weighted by Gasteiger charge is -2.14. The molecule has 2 aromatic heterocycles. The van der Waals surface area contributed by atoms with E-state index in [4.69, 9.17) is 4.74 Å². The van der Waals surface area contributed by atoms with E-state index in [1.54, 1.807) is 12.4 Å². The van der Waals surface area contributed by atoms with Crippen LogP contribution in [0.1, 0.15) is 41.9 Å². The van der Waals surface area contributed by atoms with Crippen LogP contribution in [0.3, 0.4) is 0 Å². The van der Waals surface area contributed by atoms with Gasteiger partial charge in [0.15, 0.2) is 0 Å². The molecule has 158 valence electrons. The molecule has 0 spiro atoms. The van der Waals surface area contributed by atoms with Crippen LogP contribution in [0.4, 0.5) is 0 Å². The maximum atomic E-state index is 13.2. The zero-order valence-corrected chi connectivity index (χ0v) is 17.9. The summed E-state index contributed by atoms with van der Waals surface area (Å²) in [6.07, 6.45) is 4.48. The van der Waals surface area contributed by atoms with Gasteiger partial charge in [-0.2, -0.15) is 0 Å². The maximum absolute atomic E-state index is 13.2. The summed E-state index contributed by atoms with van der Waals surface area (Å²) in [6, 6.07) is 21.9. The number of carbonyl (C=O) groups is 1. The Bertz CT molecular complexity index is 1150. The van der Waals surface area contributed by atoms with Gasteiger partial charge in [0.05, 0.1) is 11.6 Å². The molecule has 1 atom stereocenters. The van der Waals surface area contributed by atoms with Crippen molar-refractivity contribution in [3.05, 3.63) is 95.9 Å². The van der Waals surface area contributed by atoms with Crippen molar-refractivity contribution in [1.82, 2.24) is 14.9 Å². The average Bonchev–Trinajstić information content (AvgIpc) is 3.18. The summed E-state index contributed by atoms with van der Waals surface area (Å²) in [4.78, 5) is 17.2. The first-order valence-electron chi connectivity index (χ1n) is 10.7. The van der Waals surface area contributed by atoms with E-state index in [2.05, 4.69) is 40.8 Å². The highest BCUT2D eigenvalue weighted by Gasteiger charge is 2.19. The topological polar surface area (TPSA) is 56.1 Å². The molecule has 0 unspecified atom stereocenters. The van der Waals surface area contributed by atoms with Crippen LogP contribution in [0.5, 0.6) is 5.75 Å². The summed E-state index contributed by atoms with van der Waals surface area (Å²) < 4.78 is 8.22. The molecule has 0 aliphatic heterocycles. The van der Waals surface area contributed by atoms with Crippen molar-refractivity contribution >= 4 is 16.8 Å². The number of carbonyl (C=O) groups excluding carboxylic acids is 1. The molecule has 1 N–H and O–H groups in total. The Hall–Kier alpha value is -3.60. The van der Waals surface area contributed by atoms with E-state index >= 15 is 0 Å². The lowest BCUT2D eigenvalue weighted by atomic mass is 10.2. The van der Waals surface area contributed by atoms with Crippen molar-refractivity contribution in [2.24, 2.45) is 0 Å². The van der Waals surface area contributed by atoms with Crippen molar-refractivity contribution in [3.63, 3.8) is 0 Å². The number of hydrogen-bond donors (Lipinski definition) is 1. The fourth-order valence-corrected chi connectivity index (χ4v) is 3.56. The van der Waals surface area contributed by atoms with Gasteiger partial charge < -0.3 is 14.6 Å². The molecule has 4 rings (SSSR count). The lowest BCUT2D eigenvalue weighted by molar-refractivity contribution is 0.0942. The van der Waals surface area contributed by atoms with Crippen LogP contribution in [-0.2, 0) is 13.1 Å². The SMILES string of the molecule is CC[C@@H](C)Oc1cccc2c1cc(C(=O)NCc1ccncc1)n2Cc1ccccc1. The Labute approximate surface area is 182 Å². The summed E-state index contributed by atoms with van der Waals surface area (Å²) in [5.41, 5.74) is 3.75. The number of nitrogens with zero attached hydrogens (tertiary/aromatic N) is 2. The number of rotatable bonds is 8. The van der Waals surface area contributed by atoms with Crippen LogP contribution in [0, 0.1) is 0 Å². The second-order valence-electron chi connectivity index (χ2n) is 7.67. The zero-order valence-electron chi connectivity index (χ0n) is 17.9. The molecule has 0 aliphatic carbocycles. The quantitative estimate of drug-likeness (QED) is 0.432. The Balaban J connectivity index is 1.71. The third kappa shape index (κ3) is 4.77. The highest BCUT2D eigenvalue weighted by Crippen LogP contribution is 2.31.